The highest BCUT2D eigenvalue weighted by Crippen LogP contribution is 2.38. The average Bonchev–Trinajstić information content (AvgIpc) is 2.68. The lowest BCUT2D eigenvalue weighted by atomic mass is 9.77. The van der Waals surface area contributed by atoms with Crippen LogP contribution in [0, 0.1) is 32.6 Å². The van der Waals surface area contributed by atoms with E-state index in [9.17, 15) is 27.3 Å². The maximum atomic E-state index is 13.0. The van der Waals surface area contributed by atoms with Crippen molar-refractivity contribution < 1.29 is 27.3 Å². The second kappa shape index (κ2) is 9.17. The molecule has 1 aliphatic rings. The van der Waals surface area contributed by atoms with Gasteiger partial charge in [-0.25, -0.2) is 4.98 Å². The number of halogens is 3. The van der Waals surface area contributed by atoms with E-state index >= 15 is 0 Å². The summed E-state index contributed by atoms with van der Waals surface area (Å²) >= 11 is 0. The van der Waals surface area contributed by atoms with E-state index in [1.807, 2.05) is 39.8 Å². The maximum absolute atomic E-state index is 13.0. The van der Waals surface area contributed by atoms with Crippen LogP contribution in [0.2, 0.25) is 0 Å². The smallest absolute Gasteiger partial charge is 0.417 e. The lowest BCUT2D eigenvalue weighted by molar-refractivity contribution is -0.137. The van der Waals surface area contributed by atoms with Gasteiger partial charge in [0.25, 0.3) is 0 Å². The number of pyridine rings is 1. The summed E-state index contributed by atoms with van der Waals surface area (Å²) in [6.07, 6.45) is -3.33. The lowest BCUT2D eigenvalue weighted by Crippen LogP contribution is -2.27. The molecule has 172 valence electrons. The minimum Gasteiger partial charge on any atom is -0.512 e. The van der Waals surface area contributed by atoms with Crippen molar-refractivity contribution in [3.05, 3.63) is 64.0 Å². The number of hydrogen-bond donors (Lipinski definition) is 1. The highest BCUT2D eigenvalue weighted by atomic mass is 32.2. The van der Waals surface area contributed by atoms with Gasteiger partial charge < -0.3 is 5.11 Å². The topological polar surface area (TPSA) is 67.3 Å². The zero-order valence-electron chi connectivity index (χ0n) is 18.4. The van der Waals surface area contributed by atoms with Crippen molar-refractivity contribution in [1.82, 2.24) is 4.98 Å². The Morgan fingerprint density at radius 1 is 1.16 bits per heavy atom. The van der Waals surface area contributed by atoms with Crippen molar-refractivity contribution in [1.29, 1.82) is 0 Å². The predicted octanol–water partition coefficient (Wildman–Crippen LogP) is 5.72. The monoisotopic (exact) mass is 465 g/mol. The van der Waals surface area contributed by atoms with Crippen molar-refractivity contribution >= 4 is 22.2 Å². The first-order chi connectivity index (χ1) is 14.9. The number of alkyl halides is 3. The lowest BCUT2D eigenvalue weighted by Gasteiger charge is -2.29. The normalized spacial score (nSPS) is 19.2. The quantitative estimate of drug-likeness (QED) is 0.614. The van der Waals surface area contributed by atoms with Gasteiger partial charge in [0.05, 0.1) is 21.9 Å². The number of allylic oxidation sites excluding steroid dienone is 2. The van der Waals surface area contributed by atoms with Gasteiger partial charge in [0.2, 0.25) is 0 Å². The Kier molecular flexibility index (Phi) is 6.93. The van der Waals surface area contributed by atoms with Crippen LogP contribution in [0.3, 0.4) is 0 Å². The van der Waals surface area contributed by atoms with E-state index in [4.69, 9.17) is 0 Å². The summed E-state index contributed by atoms with van der Waals surface area (Å²) in [5.74, 6) is -0.393. The Morgan fingerprint density at radius 3 is 2.28 bits per heavy atom. The number of ketones is 1. The fourth-order valence-corrected chi connectivity index (χ4v) is 5.64. The summed E-state index contributed by atoms with van der Waals surface area (Å²) in [5.41, 5.74) is 3.17. The van der Waals surface area contributed by atoms with Crippen LogP contribution in [0.4, 0.5) is 13.2 Å². The number of Topliss-reactive ketones (excluding diaryl/α,β-unsaturated/α-hetero) is 1. The van der Waals surface area contributed by atoms with Gasteiger partial charge in [0.15, 0.2) is 5.78 Å². The second-order valence-electron chi connectivity index (χ2n) is 8.56. The summed E-state index contributed by atoms with van der Waals surface area (Å²) in [6, 6.07) is 5.94. The van der Waals surface area contributed by atoms with Crippen LogP contribution in [0.15, 0.2) is 41.2 Å². The van der Waals surface area contributed by atoms with E-state index in [-0.39, 0.29) is 47.0 Å². The number of benzene rings is 1. The minimum atomic E-state index is -4.50. The molecule has 0 bridgehead atoms. The van der Waals surface area contributed by atoms with Crippen molar-refractivity contribution in [2.45, 2.75) is 51.7 Å². The summed E-state index contributed by atoms with van der Waals surface area (Å²) in [5, 5.41) is 10.8. The average molecular weight is 466 g/mol. The summed E-state index contributed by atoms with van der Waals surface area (Å²) in [6.45, 7) is 7.64. The second-order valence-corrected chi connectivity index (χ2v) is 10.0. The molecule has 0 aliphatic heterocycles. The molecule has 0 fully saturated rings. The number of nitrogens with zero attached hydrogens (tertiary/aromatic N) is 1. The van der Waals surface area contributed by atoms with Crippen molar-refractivity contribution in [2.24, 2.45) is 11.8 Å². The Balaban J connectivity index is 1.75. The molecule has 8 heteroatoms. The third-order valence-electron chi connectivity index (χ3n) is 5.91. The number of hydrogen-bond acceptors (Lipinski definition) is 4. The fraction of sp³-hybridized carbons (Fsp3) is 0.417. The molecule has 1 N–H and O–H groups in total. The van der Waals surface area contributed by atoms with Crippen LogP contribution < -0.4 is 0 Å². The molecule has 0 amide bonds. The standard InChI is InChI=1S/C24H26F3NO3S/c1-13-7-14(2)22(15(3)8-13)23-19(29)9-17(10-20(23)30)16(4)12-32(31)21-6-5-18(11-28-21)24(25,26)27/h5-8,11,16-17,29H,9-10,12H2,1-4H3. The van der Waals surface area contributed by atoms with Gasteiger partial charge >= 0.3 is 6.18 Å². The zero-order chi connectivity index (χ0) is 23.8. The van der Waals surface area contributed by atoms with E-state index in [0.29, 0.717) is 11.8 Å². The molecule has 3 atom stereocenters. The Morgan fingerprint density at radius 2 is 1.78 bits per heavy atom. The summed E-state index contributed by atoms with van der Waals surface area (Å²) < 4.78 is 50.7. The Labute approximate surface area is 188 Å². The first kappa shape index (κ1) is 24.2. The predicted molar refractivity (Wildman–Crippen MR) is 118 cm³/mol. The van der Waals surface area contributed by atoms with Crippen molar-refractivity contribution in [2.75, 3.05) is 5.75 Å². The molecule has 0 saturated carbocycles. The van der Waals surface area contributed by atoms with E-state index in [1.165, 1.54) is 0 Å². The number of aromatic nitrogens is 1. The molecule has 3 rings (SSSR count). The van der Waals surface area contributed by atoms with Gasteiger partial charge in [-0.2, -0.15) is 13.2 Å². The summed E-state index contributed by atoms with van der Waals surface area (Å²) in [4.78, 5) is 16.7. The van der Waals surface area contributed by atoms with Gasteiger partial charge in [-0.3, -0.25) is 9.00 Å². The molecule has 2 aromatic rings. The Hall–Kier alpha value is -2.48. The SMILES string of the molecule is Cc1cc(C)c(C2=C(O)CC(C(C)CS(=O)c3ccc(C(F)(F)F)cn3)CC2=O)c(C)c1. The van der Waals surface area contributed by atoms with E-state index in [1.54, 1.807) is 0 Å². The molecule has 0 radical (unpaired) electrons. The molecule has 0 saturated heterocycles. The number of aliphatic hydroxyl groups is 1. The van der Waals surface area contributed by atoms with Crippen molar-refractivity contribution in [3.63, 3.8) is 0 Å². The third-order valence-corrected chi connectivity index (χ3v) is 7.45. The molecule has 1 heterocycles. The molecule has 0 spiro atoms. The highest BCUT2D eigenvalue weighted by Gasteiger charge is 2.34. The van der Waals surface area contributed by atoms with Crippen LogP contribution in [0.1, 0.15) is 47.6 Å². The number of aliphatic hydroxyl groups excluding tert-OH is 1. The largest absolute Gasteiger partial charge is 0.512 e. The first-order valence-electron chi connectivity index (χ1n) is 10.3. The van der Waals surface area contributed by atoms with Crippen molar-refractivity contribution in [3.8, 4) is 0 Å². The number of carbonyl (C=O) groups excluding carboxylic acids is 1. The highest BCUT2D eigenvalue weighted by molar-refractivity contribution is 7.84. The van der Waals surface area contributed by atoms with Crippen LogP contribution in [0.5, 0.6) is 0 Å². The number of aryl methyl sites for hydroxylation is 3. The van der Waals surface area contributed by atoms with Crippen LogP contribution >= 0.6 is 0 Å². The van der Waals surface area contributed by atoms with Gasteiger partial charge in [-0.1, -0.05) is 24.6 Å². The molecule has 3 unspecified atom stereocenters. The third kappa shape index (κ3) is 5.11. The molecular formula is C24H26F3NO3S. The van der Waals surface area contributed by atoms with Gasteiger partial charge in [0, 0.05) is 24.8 Å². The van der Waals surface area contributed by atoms with Crippen LogP contribution in [0.25, 0.3) is 5.57 Å². The molecular weight excluding hydrogens is 439 g/mol. The molecule has 1 aromatic carbocycles. The zero-order valence-corrected chi connectivity index (χ0v) is 19.2. The van der Waals surface area contributed by atoms with Gasteiger partial charge in [-0.05, 0) is 61.4 Å². The number of carbonyl (C=O) groups is 1. The van der Waals surface area contributed by atoms with E-state index in [2.05, 4.69) is 4.98 Å². The maximum Gasteiger partial charge on any atom is 0.417 e. The van der Waals surface area contributed by atoms with Gasteiger partial charge in [0.1, 0.15) is 10.8 Å². The summed E-state index contributed by atoms with van der Waals surface area (Å²) in [7, 11) is -1.61. The minimum absolute atomic E-state index is 0.0339. The Bertz CT molecular complexity index is 1070. The van der Waals surface area contributed by atoms with Crippen LogP contribution in [-0.4, -0.2) is 25.8 Å². The van der Waals surface area contributed by atoms with E-state index in [0.717, 1.165) is 34.4 Å². The molecule has 1 aromatic heterocycles. The molecule has 32 heavy (non-hydrogen) atoms. The molecule has 1 aliphatic carbocycles. The molecule has 4 nitrogen and oxygen atoms in total. The van der Waals surface area contributed by atoms with E-state index < -0.39 is 22.5 Å². The number of rotatable bonds is 5. The first-order valence-corrected chi connectivity index (χ1v) is 11.7. The van der Waals surface area contributed by atoms with Crippen LogP contribution in [-0.2, 0) is 21.8 Å². The van der Waals surface area contributed by atoms with Gasteiger partial charge in [-0.15, -0.1) is 0 Å². The fourth-order valence-electron chi connectivity index (χ4n) is 4.33.